The maximum atomic E-state index is 13.4. The third-order valence-corrected chi connectivity index (χ3v) is 4.25. The number of rotatable bonds is 7. The van der Waals surface area contributed by atoms with Gasteiger partial charge in [0.25, 0.3) is 0 Å². The predicted molar refractivity (Wildman–Crippen MR) is 78.6 cm³/mol. The highest BCUT2D eigenvalue weighted by atomic mass is 32.2. The van der Waals surface area contributed by atoms with Gasteiger partial charge in [-0.3, -0.25) is 0 Å². The van der Waals surface area contributed by atoms with E-state index in [1.54, 1.807) is 6.92 Å². The molecule has 0 aliphatic carbocycles. The third kappa shape index (κ3) is 4.48. The van der Waals surface area contributed by atoms with Crippen LogP contribution in [-0.4, -0.2) is 32.7 Å². The SMILES string of the molecule is CCOCC(C)NS(=O)(=O)c1ccc(F)c(C(N)=S)c1. The Morgan fingerprint density at radius 3 is 2.75 bits per heavy atom. The Balaban J connectivity index is 2.98. The molecule has 0 bridgehead atoms. The van der Waals surface area contributed by atoms with Crippen LogP contribution in [0.15, 0.2) is 23.1 Å². The molecule has 0 aliphatic rings. The number of thiocarbonyl (C=S) groups is 1. The normalized spacial score (nSPS) is 13.2. The van der Waals surface area contributed by atoms with Crippen molar-refractivity contribution in [3.8, 4) is 0 Å². The van der Waals surface area contributed by atoms with E-state index in [-0.39, 0.29) is 22.1 Å². The Morgan fingerprint density at radius 2 is 2.20 bits per heavy atom. The highest BCUT2D eigenvalue weighted by Gasteiger charge is 2.19. The molecule has 112 valence electrons. The molecule has 8 heteroatoms. The first kappa shape index (κ1) is 17.0. The molecule has 0 radical (unpaired) electrons. The number of hydrogen-bond donors (Lipinski definition) is 2. The van der Waals surface area contributed by atoms with Gasteiger partial charge in [0, 0.05) is 18.2 Å². The van der Waals surface area contributed by atoms with Crippen LogP contribution in [0.4, 0.5) is 4.39 Å². The summed E-state index contributed by atoms with van der Waals surface area (Å²) >= 11 is 4.68. The molecule has 1 unspecified atom stereocenters. The molecule has 1 rings (SSSR count). The topological polar surface area (TPSA) is 81.4 Å². The van der Waals surface area contributed by atoms with E-state index in [9.17, 15) is 12.8 Å². The highest BCUT2D eigenvalue weighted by molar-refractivity contribution is 7.89. The van der Waals surface area contributed by atoms with Gasteiger partial charge in [0.15, 0.2) is 0 Å². The summed E-state index contributed by atoms with van der Waals surface area (Å²) in [6.07, 6.45) is 0. The molecule has 5 nitrogen and oxygen atoms in total. The summed E-state index contributed by atoms with van der Waals surface area (Å²) < 4.78 is 45.2. The van der Waals surface area contributed by atoms with Gasteiger partial charge in [0.2, 0.25) is 10.0 Å². The first-order valence-corrected chi connectivity index (χ1v) is 7.86. The van der Waals surface area contributed by atoms with E-state index in [4.69, 9.17) is 10.5 Å². The Labute approximate surface area is 123 Å². The molecule has 0 saturated heterocycles. The van der Waals surface area contributed by atoms with Crippen LogP contribution in [0, 0.1) is 5.82 Å². The lowest BCUT2D eigenvalue weighted by Gasteiger charge is -2.14. The van der Waals surface area contributed by atoms with Crippen LogP contribution in [0.5, 0.6) is 0 Å². The molecule has 1 aromatic carbocycles. The third-order valence-electron chi connectivity index (χ3n) is 2.44. The van der Waals surface area contributed by atoms with Gasteiger partial charge >= 0.3 is 0 Å². The van der Waals surface area contributed by atoms with E-state index in [0.717, 1.165) is 18.2 Å². The van der Waals surface area contributed by atoms with Gasteiger partial charge in [-0.2, -0.15) is 0 Å². The fourth-order valence-corrected chi connectivity index (χ4v) is 2.93. The number of sulfonamides is 1. The minimum absolute atomic E-state index is 0.0925. The summed E-state index contributed by atoms with van der Waals surface area (Å²) in [7, 11) is -3.77. The summed E-state index contributed by atoms with van der Waals surface area (Å²) in [6.45, 7) is 4.23. The zero-order valence-corrected chi connectivity index (χ0v) is 12.9. The molecule has 0 saturated carbocycles. The second-order valence-corrected chi connectivity index (χ2v) is 6.34. The molecule has 0 spiro atoms. The van der Waals surface area contributed by atoms with E-state index >= 15 is 0 Å². The summed E-state index contributed by atoms with van der Waals surface area (Å²) in [5.74, 6) is -0.654. The molecule has 0 aromatic heterocycles. The summed E-state index contributed by atoms with van der Waals surface area (Å²) in [5, 5.41) is 0. The van der Waals surface area contributed by atoms with Crippen LogP contribution in [0.3, 0.4) is 0 Å². The summed E-state index contributed by atoms with van der Waals surface area (Å²) in [4.78, 5) is -0.285. The average molecular weight is 320 g/mol. The van der Waals surface area contributed by atoms with E-state index in [1.807, 2.05) is 6.92 Å². The number of halogens is 1. The van der Waals surface area contributed by atoms with Gasteiger partial charge in [-0.05, 0) is 32.0 Å². The summed E-state index contributed by atoms with van der Waals surface area (Å²) in [6, 6.07) is 2.90. The maximum Gasteiger partial charge on any atom is 0.240 e. The largest absolute Gasteiger partial charge is 0.389 e. The Bertz CT molecular complexity index is 590. The van der Waals surface area contributed by atoms with E-state index in [2.05, 4.69) is 16.9 Å². The van der Waals surface area contributed by atoms with Crippen molar-refractivity contribution < 1.29 is 17.5 Å². The van der Waals surface area contributed by atoms with Crippen molar-refractivity contribution >= 4 is 27.2 Å². The van der Waals surface area contributed by atoms with Crippen LogP contribution in [0.2, 0.25) is 0 Å². The van der Waals surface area contributed by atoms with Crippen molar-refractivity contribution in [3.05, 3.63) is 29.6 Å². The van der Waals surface area contributed by atoms with Crippen molar-refractivity contribution in [2.45, 2.75) is 24.8 Å². The van der Waals surface area contributed by atoms with E-state index < -0.39 is 21.9 Å². The van der Waals surface area contributed by atoms with Crippen molar-refractivity contribution in [3.63, 3.8) is 0 Å². The standard InChI is InChI=1S/C12H17FN2O3S2/c1-3-18-7-8(2)15-20(16,17)9-4-5-11(13)10(6-9)12(14)19/h4-6,8,15H,3,7H2,1-2H3,(H2,14,19). The molecule has 1 atom stereocenters. The number of nitrogens with two attached hydrogens (primary N) is 1. The number of hydrogen-bond acceptors (Lipinski definition) is 4. The molecular weight excluding hydrogens is 303 g/mol. The van der Waals surface area contributed by atoms with Crippen molar-refractivity contribution in [1.29, 1.82) is 0 Å². The Morgan fingerprint density at radius 1 is 1.55 bits per heavy atom. The highest BCUT2D eigenvalue weighted by Crippen LogP contribution is 2.15. The molecule has 3 N–H and O–H groups in total. The average Bonchev–Trinajstić information content (AvgIpc) is 2.35. The van der Waals surface area contributed by atoms with Crippen LogP contribution < -0.4 is 10.5 Å². The number of nitrogens with one attached hydrogen (secondary N) is 1. The quantitative estimate of drug-likeness (QED) is 0.737. The molecule has 20 heavy (non-hydrogen) atoms. The van der Waals surface area contributed by atoms with Crippen molar-refractivity contribution in [1.82, 2.24) is 4.72 Å². The fraction of sp³-hybridized carbons (Fsp3) is 0.417. The van der Waals surface area contributed by atoms with Gasteiger partial charge in [0.05, 0.1) is 11.5 Å². The lowest BCUT2D eigenvalue weighted by molar-refractivity contribution is 0.133. The zero-order valence-electron chi connectivity index (χ0n) is 11.2. The van der Waals surface area contributed by atoms with E-state index in [0.29, 0.717) is 6.61 Å². The van der Waals surface area contributed by atoms with Crippen molar-refractivity contribution in [2.75, 3.05) is 13.2 Å². The molecular formula is C12H17FN2O3S2. The Hall–Kier alpha value is -1.09. The molecule has 0 aliphatic heterocycles. The van der Waals surface area contributed by atoms with Gasteiger partial charge in [0.1, 0.15) is 10.8 Å². The van der Waals surface area contributed by atoms with Crippen LogP contribution in [0.25, 0.3) is 0 Å². The lowest BCUT2D eigenvalue weighted by atomic mass is 10.2. The lowest BCUT2D eigenvalue weighted by Crippen LogP contribution is -2.36. The second-order valence-electron chi connectivity index (χ2n) is 4.19. The molecule has 0 heterocycles. The summed E-state index contributed by atoms with van der Waals surface area (Å²) in [5.41, 5.74) is 5.25. The first-order valence-electron chi connectivity index (χ1n) is 5.97. The monoisotopic (exact) mass is 320 g/mol. The minimum atomic E-state index is -3.77. The molecule has 0 fully saturated rings. The van der Waals surface area contributed by atoms with Gasteiger partial charge in [-0.1, -0.05) is 12.2 Å². The van der Waals surface area contributed by atoms with Crippen molar-refractivity contribution in [2.24, 2.45) is 5.73 Å². The van der Waals surface area contributed by atoms with Gasteiger partial charge in [-0.25, -0.2) is 17.5 Å². The maximum absolute atomic E-state index is 13.4. The Kier molecular flexibility index (Phi) is 6.00. The molecule has 1 aromatic rings. The zero-order chi connectivity index (χ0) is 15.3. The molecule has 0 amide bonds. The minimum Gasteiger partial charge on any atom is -0.389 e. The predicted octanol–water partition coefficient (Wildman–Crippen LogP) is 1.16. The number of benzene rings is 1. The van der Waals surface area contributed by atoms with Gasteiger partial charge < -0.3 is 10.5 Å². The van der Waals surface area contributed by atoms with Crippen LogP contribution >= 0.6 is 12.2 Å². The second kappa shape index (κ2) is 7.07. The van der Waals surface area contributed by atoms with Crippen LogP contribution in [-0.2, 0) is 14.8 Å². The first-order chi connectivity index (χ1) is 9.27. The fourth-order valence-electron chi connectivity index (χ4n) is 1.52. The van der Waals surface area contributed by atoms with Gasteiger partial charge in [-0.15, -0.1) is 0 Å². The number of ether oxygens (including phenoxy) is 1. The smallest absolute Gasteiger partial charge is 0.240 e. The van der Waals surface area contributed by atoms with E-state index in [1.165, 1.54) is 0 Å². The van der Waals surface area contributed by atoms with Crippen LogP contribution in [0.1, 0.15) is 19.4 Å².